The van der Waals surface area contributed by atoms with E-state index in [4.69, 9.17) is 9.72 Å². The Morgan fingerprint density at radius 1 is 1.11 bits per heavy atom. The van der Waals surface area contributed by atoms with Crippen molar-refractivity contribution in [1.29, 1.82) is 0 Å². The minimum Gasteiger partial charge on any atom is -0.378 e. The van der Waals surface area contributed by atoms with E-state index >= 15 is 0 Å². The second-order valence-electron chi connectivity index (χ2n) is 9.63. The van der Waals surface area contributed by atoms with E-state index in [0.29, 0.717) is 55.9 Å². The van der Waals surface area contributed by atoms with Crippen molar-refractivity contribution in [3.05, 3.63) is 29.8 Å². The number of aryl methyl sites for hydroxylation is 1. The average Bonchev–Trinajstić information content (AvgIpc) is 3.50. The number of anilines is 3. The smallest absolute Gasteiger partial charge is 0.321 e. The Morgan fingerprint density at radius 2 is 1.89 bits per heavy atom. The van der Waals surface area contributed by atoms with Crippen molar-refractivity contribution < 1.29 is 18.3 Å². The summed E-state index contributed by atoms with van der Waals surface area (Å²) in [7, 11) is 0. The lowest BCUT2D eigenvalue weighted by Gasteiger charge is -2.28. The number of likely N-dealkylation sites (tertiary alicyclic amines) is 1. The molecule has 2 aromatic rings. The lowest BCUT2D eigenvalue weighted by molar-refractivity contribution is 0.00851. The van der Waals surface area contributed by atoms with Crippen LogP contribution in [0.25, 0.3) is 11.3 Å². The number of carbonyl (C=O) groups excluding carboxylic acids is 1. The summed E-state index contributed by atoms with van der Waals surface area (Å²) in [6.07, 6.45) is 2.14. The fourth-order valence-electron chi connectivity index (χ4n) is 4.93. The molecule has 0 spiro atoms. The molecule has 0 bridgehead atoms. The SMILES string of the molecule is Cc1ccc(NC(=O)N2CCCC2)cc1-c1cc(NC2CCC(F)(F)C2)nc(N2CCOCC2)n1. The molecule has 10 heteroatoms. The van der Waals surface area contributed by atoms with Gasteiger partial charge in [-0.3, -0.25) is 0 Å². The van der Waals surface area contributed by atoms with Crippen LogP contribution in [0.1, 0.15) is 37.7 Å². The van der Waals surface area contributed by atoms with Crippen molar-refractivity contribution in [2.45, 2.75) is 51.0 Å². The van der Waals surface area contributed by atoms with E-state index in [2.05, 4.69) is 20.5 Å². The van der Waals surface area contributed by atoms with Gasteiger partial charge in [0.1, 0.15) is 5.82 Å². The first kappa shape index (κ1) is 23.7. The minimum absolute atomic E-state index is 0.0986. The molecular formula is C25H32F2N6O2. The molecule has 1 atom stereocenters. The first-order valence-electron chi connectivity index (χ1n) is 12.4. The Balaban J connectivity index is 1.44. The van der Waals surface area contributed by atoms with Crippen molar-refractivity contribution in [3.63, 3.8) is 0 Å². The van der Waals surface area contributed by atoms with E-state index in [1.807, 2.05) is 36.1 Å². The first-order valence-corrected chi connectivity index (χ1v) is 12.4. The molecule has 2 aliphatic heterocycles. The maximum atomic E-state index is 13.8. The van der Waals surface area contributed by atoms with E-state index in [9.17, 15) is 13.6 Å². The molecule has 3 fully saturated rings. The molecule has 5 rings (SSSR count). The van der Waals surface area contributed by atoms with Crippen molar-refractivity contribution in [3.8, 4) is 11.3 Å². The highest BCUT2D eigenvalue weighted by molar-refractivity contribution is 5.90. The van der Waals surface area contributed by atoms with Gasteiger partial charge < -0.3 is 25.2 Å². The van der Waals surface area contributed by atoms with Gasteiger partial charge in [-0.25, -0.2) is 18.6 Å². The van der Waals surface area contributed by atoms with Crippen LogP contribution in [-0.2, 0) is 4.74 Å². The van der Waals surface area contributed by atoms with Crippen LogP contribution in [0.2, 0.25) is 0 Å². The predicted molar refractivity (Wildman–Crippen MR) is 131 cm³/mol. The van der Waals surface area contributed by atoms with E-state index in [0.717, 1.165) is 37.1 Å². The molecule has 1 aliphatic carbocycles. The van der Waals surface area contributed by atoms with Crippen molar-refractivity contribution in [2.75, 3.05) is 54.9 Å². The molecular weight excluding hydrogens is 454 g/mol. The summed E-state index contributed by atoms with van der Waals surface area (Å²) in [4.78, 5) is 26.0. The molecule has 2 amide bonds. The summed E-state index contributed by atoms with van der Waals surface area (Å²) in [5.41, 5.74) is 3.23. The Morgan fingerprint density at radius 3 is 2.60 bits per heavy atom. The molecule has 3 heterocycles. The molecule has 8 nitrogen and oxygen atoms in total. The van der Waals surface area contributed by atoms with Gasteiger partial charge in [0.05, 0.1) is 18.9 Å². The highest BCUT2D eigenvalue weighted by Gasteiger charge is 2.39. The van der Waals surface area contributed by atoms with Crippen LogP contribution in [0.4, 0.5) is 31.0 Å². The molecule has 2 N–H and O–H groups in total. The van der Waals surface area contributed by atoms with Crippen molar-refractivity contribution >= 4 is 23.5 Å². The Bertz CT molecular complexity index is 1070. The summed E-state index contributed by atoms with van der Waals surface area (Å²) in [6, 6.07) is 7.14. The Labute approximate surface area is 204 Å². The minimum atomic E-state index is -2.64. The summed E-state index contributed by atoms with van der Waals surface area (Å²) < 4.78 is 33.1. The summed E-state index contributed by atoms with van der Waals surface area (Å²) >= 11 is 0. The van der Waals surface area contributed by atoms with Crippen LogP contribution in [0, 0.1) is 6.92 Å². The number of benzene rings is 1. The largest absolute Gasteiger partial charge is 0.378 e. The number of morpholine rings is 1. The molecule has 35 heavy (non-hydrogen) atoms. The van der Waals surface area contributed by atoms with Gasteiger partial charge in [-0.15, -0.1) is 0 Å². The third-order valence-electron chi connectivity index (χ3n) is 6.92. The van der Waals surface area contributed by atoms with Crippen LogP contribution >= 0.6 is 0 Å². The summed E-state index contributed by atoms with van der Waals surface area (Å²) in [6.45, 7) is 6.03. The lowest BCUT2D eigenvalue weighted by Crippen LogP contribution is -2.37. The number of nitrogens with one attached hydrogen (secondary N) is 2. The number of carbonyl (C=O) groups is 1. The van der Waals surface area contributed by atoms with Crippen molar-refractivity contribution in [1.82, 2.24) is 14.9 Å². The fraction of sp³-hybridized carbons (Fsp3) is 0.560. The first-order chi connectivity index (χ1) is 16.9. The third-order valence-corrected chi connectivity index (χ3v) is 6.92. The number of nitrogens with zero attached hydrogens (tertiary/aromatic N) is 4. The van der Waals surface area contributed by atoms with E-state index < -0.39 is 5.92 Å². The lowest BCUT2D eigenvalue weighted by atomic mass is 10.0. The van der Waals surface area contributed by atoms with Gasteiger partial charge in [0.15, 0.2) is 0 Å². The van der Waals surface area contributed by atoms with Crippen LogP contribution in [0.15, 0.2) is 24.3 Å². The van der Waals surface area contributed by atoms with E-state index in [-0.39, 0.29) is 24.9 Å². The monoisotopic (exact) mass is 486 g/mol. The number of amides is 2. The van der Waals surface area contributed by atoms with Gasteiger partial charge in [-0.2, -0.15) is 4.98 Å². The summed E-state index contributed by atoms with van der Waals surface area (Å²) in [5, 5.41) is 6.22. The standard InChI is InChI=1S/C25H32F2N6O2/c1-17-4-5-18(29-24(34)33-8-2-3-9-33)14-20(17)21-15-22(28-19-6-7-25(26,27)16-19)31-23(30-21)32-10-12-35-13-11-32/h4-5,14-15,19H,2-3,6-13,16H2,1H3,(H,29,34)(H,28,30,31). The fourth-order valence-corrected chi connectivity index (χ4v) is 4.93. The van der Waals surface area contributed by atoms with Gasteiger partial charge in [0.2, 0.25) is 11.9 Å². The molecule has 1 aromatic heterocycles. The number of rotatable bonds is 5. The predicted octanol–water partition coefficient (Wildman–Crippen LogP) is 4.52. The van der Waals surface area contributed by atoms with Crippen LogP contribution in [-0.4, -0.2) is 72.3 Å². The average molecular weight is 487 g/mol. The molecule has 3 aliphatic rings. The second kappa shape index (κ2) is 9.93. The Kier molecular flexibility index (Phi) is 6.73. The highest BCUT2D eigenvalue weighted by Crippen LogP contribution is 2.37. The van der Waals surface area contributed by atoms with E-state index in [1.165, 1.54) is 0 Å². The third kappa shape index (κ3) is 5.63. The van der Waals surface area contributed by atoms with Gasteiger partial charge in [0.25, 0.3) is 0 Å². The zero-order chi connectivity index (χ0) is 24.4. The number of hydrogen-bond donors (Lipinski definition) is 2. The number of halogens is 2. The number of aromatic nitrogens is 2. The maximum Gasteiger partial charge on any atom is 0.321 e. The number of alkyl halides is 2. The molecule has 2 saturated heterocycles. The van der Waals surface area contributed by atoms with Crippen molar-refractivity contribution in [2.24, 2.45) is 0 Å². The maximum absolute atomic E-state index is 13.8. The zero-order valence-corrected chi connectivity index (χ0v) is 20.0. The summed E-state index contributed by atoms with van der Waals surface area (Å²) in [5.74, 6) is -1.56. The number of ether oxygens (including phenoxy) is 1. The van der Waals surface area contributed by atoms with E-state index in [1.54, 1.807) is 0 Å². The Hall–Kier alpha value is -3.01. The van der Waals surface area contributed by atoms with Gasteiger partial charge in [-0.1, -0.05) is 6.07 Å². The second-order valence-corrected chi connectivity index (χ2v) is 9.63. The topological polar surface area (TPSA) is 82.6 Å². The van der Waals surface area contributed by atoms with Gasteiger partial charge in [-0.05, 0) is 43.9 Å². The van der Waals surface area contributed by atoms with Crippen LogP contribution < -0.4 is 15.5 Å². The zero-order valence-electron chi connectivity index (χ0n) is 20.0. The normalized spacial score (nSPS) is 21.9. The van der Waals surface area contributed by atoms with Gasteiger partial charge >= 0.3 is 6.03 Å². The molecule has 1 aromatic carbocycles. The molecule has 0 radical (unpaired) electrons. The number of urea groups is 1. The molecule has 188 valence electrons. The quantitative estimate of drug-likeness (QED) is 0.647. The van der Waals surface area contributed by atoms with Crippen LogP contribution in [0.3, 0.4) is 0 Å². The number of hydrogen-bond acceptors (Lipinski definition) is 6. The molecule has 1 saturated carbocycles. The molecule has 1 unspecified atom stereocenters. The van der Waals surface area contributed by atoms with Crippen LogP contribution in [0.5, 0.6) is 0 Å². The van der Waals surface area contributed by atoms with Gasteiger partial charge in [0, 0.05) is 62.4 Å². The highest BCUT2D eigenvalue weighted by atomic mass is 19.3.